The van der Waals surface area contributed by atoms with Gasteiger partial charge in [-0.3, -0.25) is 4.55 Å². The van der Waals surface area contributed by atoms with E-state index < -0.39 is 32.9 Å². The predicted octanol–water partition coefficient (Wildman–Crippen LogP) is 1.11. The molecule has 122 valence electrons. The average molecular weight is 330 g/mol. The molecule has 1 aromatic heterocycles. The number of β-amino-alcohol motifs (C(OH)–C–C–N with tert-alkyl or cyclic N) is 1. The van der Waals surface area contributed by atoms with Crippen LogP contribution in [0.4, 0.5) is 4.79 Å². The van der Waals surface area contributed by atoms with Crippen LogP contribution in [0.3, 0.4) is 0 Å². The van der Waals surface area contributed by atoms with Crippen LogP contribution >= 0.6 is 0 Å². The van der Waals surface area contributed by atoms with E-state index in [0.29, 0.717) is 5.56 Å². The predicted molar refractivity (Wildman–Crippen MR) is 75.7 cm³/mol. The van der Waals surface area contributed by atoms with Crippen LogP contribution in [0.1, 0.15) is 38.1 Å². The van der Waals surface area contributed by atoms with Crippen LogP contribution in [0.25, 0.3) is 0 Å². The molecule has 1 aliphatic rings. The molecule has 1 amide bonds. The Morgan fingerprint density at radius 2 is 2.05 bits per heavy atom. The molecule has 0 saturated carbocycles. The summed E-state index contributed by atoms with van der Waals surface area (Å²) in [5.41, 5.74) is -0.0259. The number of amides is 1. The molecule has 2 heterocycles. The number of aromatic nitrogens is 1. The Morgan fingerprint density at radius 1 is 1.41 bits per heavy atom. The van der Waals surface area contributed by atoms with Gasteiger partial charge in [0.05, 0.1) is 18.8 Å². The van der Waals surface area contributed by atoms with Crippen molar-refractivity contribution in [1.82, 2.24) is 9.88 Å². The summed E-state index contributed by atoms with van der Waals surface area (Å²) in [5, 5.41) is 9.55. The molecule has 2 rings (SSSR count). The zero-order valence-corrected chi connectivity index (χ0v) is 13.3. The zero-order chi connectivity index (χ0) is 16.7. The lowest BCUT2D eigenvalue weighted by atomic mass is 10.0. The topological polar surface area (TPSA) is 117 Å². The van der Waals surface area contributed by atoms with Gasteiger partial charge in [-0.2, -0.15) is 8.42 Å². The normalized spacial score (nSPS) is 18.8. The van der Waals surface area contributed by atoms with Gasteiger partial charge in [0.15, 0.2) is 5.03 Å². The second-order valence-corrected chi connectivity index (χ2v) is 7.41. The van der Waals surface area contributed by atoms with Crippen LogP contribution in [0.2, 0.25) is 0 Å². The second kappa shape index (κ2) is 5.49. The maximum atomic E-state index is 12.0. The molecule has 0 radical (unpaired) electrons. The van der Waals surface area contributed by atoms with Crippen molar-refractivity contribution in [2.45, 2.75) is 44.0 Å². The maximum Gasteiger partial charge on any atom is 0.410 e. The van der Waals surface area contributed by atoms with Crippen molar-refractivity contribution in [3.05, 3.63) is 23.4 Å². The highest BCUT2D eigenvalue weighted by Crippen LogP contribution is 2.27. The van der Waals surface area contributed by atoms with E-state index >= 15 is 0 Å². The SMILES string of the molecule is CC(C)(C)OC(=O)N1Cc2ccc(S(=O)(=O)O)nc2C(O)C1. The molecule has 2 N–H and O–H groups in total. The van der Waals surface area contributed by atoms with Gasteiger partial charge in [0.1, 0.15) is 11.7 Å². The van der Waals surface area contributed by atoms with Gasteiger partial charge in [-0.05, 0) is 32.4 Å². The number of nitrogens with zero attached hydrogens (tertiary/aromatic N) is 2. The minimum atomic E-state index is -4.44. The molecule has 22 heavy (non-hydrogen) atoms. The van der Waals surface area contributed by atoms with E-state index in [-0.39, 0.29) is 18.8 Å². The van der Waals surface area contributed by atoms with Crippen molar-refractivity contribution >= 4 is 16.2 Å². The summed E-state index contributed by atoms with van der Waals surface area (Å²) >= 11 is 0. The number of aliphatic hydroxyl groups is 1. The molecule has 0 spiro atoms. The largest absolute Gasteiger partial charge is 0.444 e. The first-order valence-electron chi connectivity index (χ1n) is 6.61. The van der Waals surface area contributed by atoms with Gasteiger partial charge in [-0.1, -0.05) is 6.07 Å². The van der Waals surface area contributed by atoms with Crippen molar-refractivity contribution in [3.8, 4) is 0 Å². The number of carbonyl (C=O) groups excluding carboxylic acids is 1. The number of rotatable bonds is 1. The van der Waals surface area contributed by atoms with Crippen LogP contribution in [-0.4, -0.2) is 46.2 Å². The van der Waals surface area contributed by atoms with Crippen molar-refractivity contribution < 1.29 is 27.6 Å². The van der Waals surface area contributed by atoms with Gasteiger partial charge in [0, 0.05) is 0 Å². The Balaban J connectivity index is 2.26. The van der Waals surface area contributed by atoms with Gasteiger partial charge in [0.25, 0.3) is 0 Å². The molecule has 1 atom stereocenters. The first kappa shape index (κ1) is 16.7. The standard InChI is InChI=1S/C13H18N2O6S/c1-13(2,3)21-12(17)15-6-8-4-5-10(22(18,19)20)14-11(8)9(16)7-15/h4-5,9,16H,6-7H2,1-3H3,(H,18,19,20). The lowest BCUT2D eigenvalue weighted by molar-refractivity contribution is 0.00743. The van der Waals surface area contributed by atoms with Crippen LogP contribution in [-0.2, 0) is 21.4 Å². The van der Waals surface area contributed by atoms with Crippen molar-refractivity contribution in [3.63, 3.8) is 0 Å². The van der Waals surface area contributed by atoms with Crippen LogP contribution in [0.5, 0.6) is 0 Å². The van der Waals surface area contributed by atoms with E-state index in [9.17, 15) is 18.3 Å². The fourth-order valence-electron chi connectivity index (χ4n) is 2.08. The first-order valence-corrected chi connectivity index (χ1v) is 8.05. The zero-order valence-electron chi connectivity index (χ0n) is 12.5. The summed E-state index contributed by atoms with van der Waals surface area (Å²) in [7, 11) is -4.44. The van der Waals surface area contributed by atoms with Gasteiger partial charge in [-0.25, -0.2) is 9.78 Å². The summed E-state index contributed by atoms with van der Waals surface area (Å²) in [6.07, 6.45) is -1.73. The minimum absolute atomic E-state index is 0.0656. The van der Waals surface area contributed by atoms with Gasteiger partial charge in [-0.15, -0.1) is 0 Å². The van der Waals surface area contributed by atoms with E-state index in [4.69, 9.17) is 9.29 Å². The summed E-state index contributed by atoms with van der Waals surface area (Å²) in [6.45, 7) is 5.28. The molecule has 0 saturated heterocycles. The lowest BCUT2D eigenvalue weighted by Gasteiger charge is -2.33. The molecular formula is C13H18N2O6S. The quantitative estimate of drug-likeness (QED) is 0.741. The number of pyridine rings is 1. The molecular weight excluding hydrogens is 312 g/mol. The maximum absolute atomic E-state index is 12.0. The van der Waals surface area contributed by atoms with E-state index in [1.54, 1.807) is 20.8 Å². The first-order chi connectivity index (χ1) is 9.97. The monoisotopic (exact) mass is 330 g/mol. The van der Waals surface area contributed by atoms with Crippen molar-refractivity contribution in [1.29, 1.82) is 0 Å². The number of fused-ring (bicyclic) bond motifs is 1. The second-order valence-electron chi connectivity index (χ2n) is 6.05. The van der Waals surface area contributed by atoms with Crippen LogP contribution in [0, 0.1) is 0 Å². The molecule has 0 fully saturated rings. The third kappa shape index (κ3) is 3.73. The highest BCUT2D eigenvalue weighted by atomic mass is 32.2. The van der Waals surface area contributed by atoms with E-state index in [1.165, 1.54) is 11.0 Å². The molecule has 8 nitrogen and oxygen atoms in total. The van der Waals surface area contributed by atoms with Gasteiger partial charge < -0.3 is 14.7 Å². The Bertz CT molecular complexity index is 695. The minimum Gasteiger partial charge on any atom is -0.444 e. The van der Waals surface area contributed by atoms with E-state index in [1.807, 2.05) is 0 Å². The van der Waals surface area contributed by atoms with Crippen LogP contribution < -0.4 is 0 Å². The third-order valence-corrected chi connectivity index (χ3v) is 3.73. The van der Waals surface area contributed by atoms with Gasteiger partial charge in [0.2, 0.25) is 0 Å². The summed E-state index contributed by atoms with van der Waals surface area (Å²) < 4.78 is 36.4. The molecule has 1 unspecified atom stereocenters. The number of carbonyl (C=O) groups is 1. The highest BCUT2D eigenvalue weighted by molar-refractivity contribution is 7.85. The molecule has 0 bridgehead atoms. The highest BCUT2D eigenvalue weighted by Gasteiger charge is 2.31. The van der Waals surface area contributed by atoms with E-state index in [0.717, 1.165) is 6.07 Å². The molecule has 9 heteroatoms. The van der Waals surface area contributed by atoms with Crippen LogP contribution in [0.15, 0.2) is 17.2 Å². The number of hydrogen-bond acceptors (Lipinski definition) is 6. The Hall–Kier alpha value is -1.71. The van der Waals surface area contributed by atoms with E-state index in [2.05, 4.69) is 4.98 Å². The lowest BCUT2D eigenvalue weighted by Crippen LogP contribution is -2.41. The summed E-state index contributed by atoms with van der Waals surface area (Å²) in [4.78, 5) is 17.1. The average Bonchev–Trinajstić information content (AvgIpc) is 2.35. The smallest absolute Gasteiger partial charge is 0.410 e. The molecule has 1 aromatic rings. The summed E-state index contributed by atoms with van der Waals surface area (Å²) in [5.74, 6) is 0. The number of aliphatic hydroxyl groups excluding tert-OH is 1. The Morgan fingerprint density at radius 3 is 2.59 bits per heavy atom. The molecule has 0 aliphatic carbocycles. The Kier molecular flexibility index (Phi) is 4.16. The number of hydrogen-bond donors (Lipinski definition) is 2. The molecule has 0 aromatic carbocycles. The fraction of sp³-hybridized carbons (Fsp3) is 0.538. The van der Waals surface area contributed by atoms with Crippen molar-refractivity contribution in [2.75, 3.05) is 6.54 Å². The fourth-order valence-corrected chi connectivity index (χ4v) is 2.54. The third-order valence-electron chi connectivity index (χ3n) is 2.97. The molecule has 1 aliphatic heterocycles. The Labute approximate surface area is 128 Å². The number of ether oxygens (including phenoxy) is 1. The van der Waals surface area contributed by atoms with Gasteiger partial charge >= 0.3 is 16.2 Å². The van der Waals surface area contributed by atoms with Crippen molar-refractivity contribution in [2.24, 2.45) is 0 Å². The summed E-state index contributed by atoms with van der Waals surface area (Å²) in [6, 6.07) is 2.53.